The first-order valence-electron chi connectivity index (χ1n) is 8.80. The van der Waals surface area contributed by atoms with Gasteiger partial charge in [-0.05, 0) is 22.3 Å². The van der Waals surface area contributed by atoms with Crippen LogP contribution in [0.15, 0.2) is 72.8 Å². The van der Waals surface area contributed by atoms with Crippen molar-refractivity contribution in [1.29, 1.82) is 0 Å². The van der Waals surface area contributed by atoms with Crippen LogP contribution < -0.4 is 10.4 Å². The van der Waals surface area contributed by atoms with Crippen LogP contribution in [-0.2, 0) is 14.0 Å². The highest BCUT2D eigenvalue weighted by Gasteiger charge is 2.51. The summed E-state index contributed by atoms with van der Waals surface area (Å²) in [5, 5.41) is 2.19. The van der Waals surface area contributed by atoms with E-state index in [4.69, 9.17) is 9.16 Å². The van der Waals surface area contributed by atoms with Crippen LogP contribution in [0.3, 0.4) is 0 Å². The third-order valence-corrected chi connectivity index (χ3v) is 9.82. The molecule has 0 fully saturated rings. The number of methoxy groups -OCH3 is 1. The highest BCUT2D eigenvalue weighted by atomic mass is 28.4. The Kier molecular flexibility index (Phi) is 6.21. The number of benzene rings is 2. The van der Waals surface area contributed by atoms with E-state index in [2.05, 4.69) is 51.6 Å². The van der Waals surface area contributed by atoms with Gasteiger partial charge in [0.05, 0.1) is 18.8 Å². The first-order chi connectivity index (χ1) is 12.2. The monoisotopic (exact) mass is 368 g/mol. The van der Waals surface area contributed by atoms with Crippen molar-refractivity contribution in [3.8, 4) is 0 Å². The average molecular weight is 369 g/mol. The van der Waals surface area contributed by atoms with E-state index < -0.39 is 20.4 Å². The summed E-state index contributed by atoms with van der Waals surface area (Å²) in [4.78, 5) is 12.0. The zero-order valence-corrected chi connectivity index (χ0v) is 17.3. The Morgan fingerprint density at radius 1 is 0.962 bits per heavy atom. The third-order valence-electron chi connectivity index (χ3n) is 4.71. The lowest BCUT2D eigenvalue weighted by atomic mass is 10.2. The van der Waals surface area contributed by atoms with Crippen molar-refractivity contribution in [2.24, 2.45) is 0 Å². The lowest BCUT2D eigenvalue weighted by molar-refractivity contribution is -0.137. The second-order valence-corrected chi connectivity index (χ2v) is 11.7. The van der Waals surface area contributed by atoms with Crippen molar-refractivity contribution in [2.75, 3.05) is 7.11 Å². The first kappa shape index (κ1) is 20.1. The molecular weight excluding hydrogens is 340 g/mol. The standard InChI is InChI=1S/C22H28O3Si/c1-17(21(23)24-6)18(2)25-26(22(3,4)5,19-13-9-7-10-14-19)20-15-11-8-12-16-20/h7-16,18H,1H2,2-6H3/t18-/m1/s1. The Morgan fingerprint density at radius 2 is 1.38 bits per heavy atom. The third kappa shape index (κ3) is 3.81. The number of hydrogen-bond donors (Lipinski definition) is 0. The summed E-state index contributed by atoms with van der Waals surface area (Å²) in [5.74, 6) is -0.435. The van der Waals surface area contributed by atoms with E-state index in [1.54, 1.807) is 0 Å². The normalized spacial score (nSPS) is 13.1. The Hall–Kier alpha value is -2.17. The van der Waals surface area contributed by atoms with Crippen LogP contribution in [0.2, 0.25) is 5.04 Å². The quantitative estimate of drug-likeness (QED) is 0.443. The molecule has 3 nitrogen and oxygen atoms in total. The molecule has 0 unspecified atom stereocenters. The van der Waals surface area contributed by atoms with Gasteiger partial charge in [0.25, 0.3) is 8.32 Å². The number of carbonyl (C=O) groups excluding carboxylic acids is 1. The number of carbonyl (C=O) groups is 1. The van der Waals surface area contributed by atoms with Gasteiger partial charge in [-0.25, -0.2) is 4.79 Å². The molecule has 1 atom stereocenters. The first-order valence-corrected chi connectivity index (χ1v) is 10.7. The molecule has 0 heterocycles. The van der Waals surface area contributed by atoms with E-state index >= 15 is 0 Å². The number of rotatable bonds is 6. The Morgan fingerprint density at radius 3 is 1.73 bits per heavy atom. The van der Waals surface area contributed by atoms with Gasteiger partial charge >= 0.3 is 5.97 Å². The second-order valence-electron chi connectivity index (χ2n) is 7.44. The molecule has 0 N–H and O–H groups in total. The summed E-state index contributed by atoms with van der Waals surface area (Å²) in [6.45, 7) is 12.4. The van der Waals surface area contributed by atoms with Crippen molar-refractivity contribution in [2.45, 2.75) is 38.8 Å². The molecule has 0 saturated heterocycles. The van der Waals surface area contributed by atoms with Gasteiger partial charge in [-0.1, -0.05) is 88.0 Å². The number of hydrogen-bond acceptors (Lipinski definition) is 3. The largest absolute Gasteiger partial charge is 0.466 e. The zero-order valence-electron chi connectivity index (χ0n) is 16.3. The molecule has 2 rings (SSSR count). The summed E-state index contributed by atoms with van der Waals surface area (Å²) in [6, 6.07) is 20.7. The van der Waals surface area contributed by atoms with Crippen LogP contribution in [-0.4, -0.2) is 27.5 Å². The fourth-order valence-corrected chi connectivity index (χ4v) is 8.01. The maximum atomic E-state index is 12.0. The lowest BCUT2D eigenvalue weighted by Crippen LogP contribution is -2.67. The summed E-state index contributed by atoms with van der Waals surface area (Å²) in [7, 11) is -1.34. The average Bonchev–Trinajstić information content (AvgIpc) is 2.65. The van der Waals surface area contributed by atoms with Gasteiger partial charge in [0.15, 0.2) is 0 Å². The van der Waals surface area contributed by atoms with Crippen LogP contribution in [0.4, 0.5) is 0 Å². The predicted molar refractivity (Wildman–Crippen MR) is 109 cm³/mol. The van der Waals surface area contributed by atoms with Crippen molar-refractivity contribution < 1.29 is 14.0 Å². The number of ether oxygens (including phenoxy) is 1. The molecule has 0 radical (unpaired) electrons. The lowest BCUT2D eigenvalue weighted by Gasteiger charge is -2.44. The molecule has 0 aliphatic carbocycles. The SMILES string of the molecule is C=C(C(=O)OC)[C@@H](C)O[Si](c1ccccc1)(c1ccccc1)C(C)(C)C. The van der Waals surface area contributed by atoms with Gasteiger partial charge in [-0.15, -0.1) is 0 Å². The molecule has 0 aromatic heterocycles. The minimum Gasteiger partial charge on any atom is -0.466 e. The molecular formula is C22H28O3Si. The van der Waals surface area contributed by atoms with E-state index in [0.717, 1.165) is 0 Å². The van der Waals surface area contributed by atoms with Crippen molar-refractivity contribution in [1.82, 2.24) is 0 Å². The van der Waals surface area contributed by atoms with Crippen LogP contribution in [0.25, 0.3) is 0 Å². The molecule has 0 aliphatic heterocycles. The highest BCUT2D eigenvalue weighted by molar-refractivity contribution is 6.99. The van der Waals surface area contributed by atoms with Crippen molar-refractivity contribution in [3.63, 3.8) is 0 Å². The van der Waals surface area contributed by atoms with Crippen molar-refractivity contribution >= 4 is 24.7 Å². The summed E-state index contributed by atoms with van der Waals surface area (Å²) in [6.07, 6.45) is -0.450. The van der Waals surface area contributed by atoms with Gasteiger partial charge in [0, 0.05) is 0 Å². The zero-order chi connectivity index (χ0) is 19.4. The van der Waals surface area contributed by atoms with Gasteiger partial charge in [-0.2, -0.15) is 0 Å². The highest BCUT2D eigenvalue weighted by Crippen LogP contribution is 2.38. The minimum atomic E-state index is -2.70. The number of esters is 1. The Labute approximate surface area is 157 Å². The van der Waals surface area contributed by atoms with Crippen LogP contribution >= 0.6 is 0 Å². The van der Waals surface area contributed by atoms with Gasteiger partial charge in [0.2, 0.25) is 0 Å². The molecule has 0 spiro atoms. The summed E-state index contributed by atoms with van der Waals surface area (Å²) < 4.78 is 11.6. The molecule has 0 bridgehead atoms. The van der Waals surface area contributed by atoms with Crippen LogP contribution in [0.5, 0.6) is 0 Å². The molecule has 4 heteroatoms. The second kappa shape index (κ2) is 8.02. The van der Waals surface area contributed by atoms with Gasteiger partial charge in [-0.3, -0.25) is 0 Å². The van der Waals surface area contributed by atoms with E-state index in [1.807, 2.05) is 43.3 Å². The van der Waals surface area contributed by atoms with E-state index in [0.29, 0.717) is 5.57 Å². The summed E-state index contributed by atoms with van der Waals surface area (Å²) >= 11 is 0. The van der Waals surface area contributed by atoms with Gasteiger partial charge in [0.1, 0.15) is 0 Å². The van der Waals surface area contributed by atoms with E-state index in [-0.39, 0.29) is 5.04 Å². The molecule has 2 aromatic carbocycles. The van der Waals surface area contributed by atoms with Crippen molar-refractivity contribution in [3.05, 3.63) is 72.8 Å². The fraction of sp³-hybridized carbons (Fsp3) is 0.318. The van der Waals surface area contributed by atoms with Crippen LogP contribution in [0.1, 0.15) is 27.7 Å². The molecule has 138 valence electrons. The summed E-state index contributed by atoms with van der Waals surface area (Å²) in [5.41, 5.74) is 0.334. The Balaban J connectivity index is 2.65. The Bertz CT molecular complexity index is 708. The topological polar surface area (TPSA) is 35.5 Å². The molecule has 0 aliphatic rings. The van der Waals surface area contributed by atoms with E-state index in [9.17, 15) is 4.79 Å². The predicted octanol–water partition coefficient (Wildman–Crippen LogP) is 3.68. The van der Waals surface area contributed by atoms with Gasteiger partial charge < -0.3 is 9.16 Å². The maximum Gasteiger partial charge on any atom is 0.335 e. The molecule has 0 saturated carbocycles. The van der Waals surface area contributed by atoms with E-state index in [1.165, 1.54) is 17.5 Å². The molecule has 0 amide bonds. The minimum absolute atomic E-state index is 0.152. The van der Waals surface area contributed by atoms with Crippen LogP contribution in [0, 0.1) is 0 Å². The fourth-order valence-electron chi connectivity index (χ4n) is 3.32. The maximum absolute atomic E-state index is 12.0. The molecule has 26 heavy (non-hydrogen) atoms. The smallest absolute Gasteiger partial charge is 0.335 e. The molecule has 2 aromatic rings.